The number of hydrogen-bond acceptors (Lipinski definition) is 3. The Morgan fingerprint density at radius 1 is 1.00 bits per heavy atom. The van der Waals surface area contributed by atoms with Gasteiger partial charge in [-0.2, -0.15) is 5.10 Å². The van der Waals surface area contributed by atoms with E-state index in [1.807, 2.05) is 53.2 Å². The SMILES string of the molecule is Cn1nc(C(C)(C)C)cc1C(=O)N1CCC2(CCN(C(=O)C#Cc3ccccc3)CC2)C1. The molecule has 3 heterocycles. The fourth-order valence-electron chi connectivity index (χ4n) is 4.62. The molecule has 0 atom stereocenters. The summed E-state index contributed by atoms with van der Waals surface area (Å²) in [6, 6.07) is 11.5. The lowest BCUT2D eigenvalue weighted by Crippen LogP contribution is -2.44. The molecule has 1 aromatic heterocycles. The van der Waals surface area contributed by atoms with Crippen LogP contribution in [0.4, 0.5) is 0 Å². The van der Waals surface area contributed by atoms with Gasteiger partial charge in [-0.15, -0.1) is 0 Å². The van der Waals surface area contributed by atoms with Crippen molar-refractivity contribution in [3.63, 3.8) is 0 Å². The molecule has 0 radical (unpaired) electrons. The van der Waals surface area contributed by atoms with Gasteiger partial charge in [-0.05, 0) is 42.9 Å². The third kappa shape index (κ3) is 4.57. The molecule has 4 rings (SSSR count). The Hall–Kier alpha value is -3.07. The minimum Gasteiger partial charge on any atom is -0.337 e. The van der Waals surface area contributed by atoms with Crippen LogP contribution >= 0.6 is 0 Å². The Morgan fingerprint density at radius 2 is 1.62 bits per heavy atom. The highest BCUT2D eigenvalue weighted by Gasteiger charge is 2.43. The Balaban J connectivity index is 1.36. The van der Waals surface area contributed by atoms with Crippen molar-refractivity contribution < 1.29 is 9.59 Å². The molecule has 1 aromatic carbocycles. The number of amides is 2. The zero-order valence-electron chi connectivity index (χ0n) is 19.5. The highest BCUT2D eigenvalue weighted by atomic mass is 16.2. The number of nitrogens with zero attached hydrogens (tertiary/aromatic N) is 4. The van der Waals surface area contributed by atoms with Crippen LogP contribution in [0, 0.1) is 17.3 Å². The fourth-order valence-corrected chi connectivity index (χ4v) is 4.62. The van der Waals surface area contributed by atoms with Gasteiger partial charge in [0.1, 0.15) is 5.69 Å². The molecule has 168 valence electrons. The number of rotatable bonds is 1. The highest BCUT2D eigenvalue weighted by Crippen LogP contribution is 2.41. The van der Waals surface area contributed by atoms with Gasteiger partial charge in [0.25, 0.3) is 11.8 Å². The van der Waals surface area contributed by atoms with E-state index >= 15 is 0 Å². The molecule has 2 amide bonds. The quantitative estimate of drug-likeness (QED) is 0.650. The minimum absolute atomic E-state index is 0.0552. The lowest BCUT2D eigenvalue weighted by atomic mass is 9.78. The Labute approximate surface area is 190 Å². The molecule has 2 aliphatic rings. The predicted octanol–water partition coefficient (Wildman–Crippen LogP) is 3.22. The molecule has 1 spiro atoms. The topological polar surface area (TPSA) is 58.4 Å². The van der Waals surface area contributed by atoms with E-state index in [9.17, 15) is 9.59 Å². The molecular formula is C26H32N4O2. The van der Waals surface area contributed by atoms with Crippen molar-refractivity contribution in [2.45, 2.75) is 45.4 Å². The number of piperidine rings is 1. The second-order valence-electron chi connectivity index (χ2n) is 10.2. The summed E-state index contributed by atoms with van der Waals surface area (Å²) in [5.41, 5.74) is 2.44. The third-order valence-electron chi connectivity index (χ3n) is 6.79. The molecule has 32 heavy (non-hydrogen) atoms. The second kappa shape index (κ2) is 8.46. The monoisotopic (exact) mass is 432 g/mol. The average Bonchev–Trinajstić information content (AvgIpc) is 3.37. The second-order valence-corrected chi connectivity index (χ2v) is 10.2. The van der Waals surface area contributed by atoms with E-state index in [0.29, 0.717) is 18.8 Å². The van der Waals surface area contributed by atoms with Crippen LogP contribution in [0.2, 0.25) is 0 Å². The molecule has 2 fully saturated rings. The predicted molar refractivity (Wildman–Crippen MR) is 124 cm³/mol. The number of aryl methyl sites for hydroxylation is 1. The molecular weight excluding hydrogens is 400 g/mol. The molecule has 0 unspecified atom stereocenters. The highest BCUT2D eigenvalue weighted by molar-refractivity contribution is 5.94. The van der Waals surface area contributed by atoms with E-state index in [1.165, 1.54) is 0 Å². The van der Waals surface area contributed by atoms with Gasteiger partial charge in [-0.25, -0.2) is 0 Å². The Kier molecular flexibility index (Phi) is 5.85. The minimum atomic E-state index is -0.112. The van der Waals surface area contributed by atoms with Crippen molar-refractivity contribution in [3.05, 3.63) is 53.3 Å². The van der Waals surface area contributed by atoms with E-state index in [0.717, 1.165) is 43.6 Å². The molecule has 0 bridgehead atoms. The van der Waals surface area contributed by atoms with Crippen molar-refractivity contribution in [2.75, 3.05) is 26.2 Å². The number of aromatic nitrogens is 2. The number of likely N-dealkylation sites (tertiary alicyclic amines) is 2. The summed E-state index contributed by atoms with van der Waals surface area (Å²) in [5.74, 6) is 5.68. The van der Waals surface area contributed by atoms with E-state index in [2.05, 4.69) is 37.7 Å². The fraction of sp³-hybridized carbons (Fsp3) is 0.500. The van der Waals surface area contributed by atoms with E-state index in [4.69, 9.17) is 0 Å². The summed E-state index contributed by atoms with van der Waals surface area (Å²) in [6.07, 6.45) is 2.81. The smallest absolute Gasteiger partial charge is 0.298 e. The third-order valence-corrected chi connectivity index (χ3v) is 6.79. The first-order valence-corrected chi connectivity index (χ1v) is 11.4. The van der Waals surface area contributed by atoms with Crippen LogP contribution in [-0.2, 0) is 17.3 Å². The van der Waals surface area contributed by atoms with Gasteiger partial charge in [0, 0.05) is 50.1 Å². The molecule has 6 heteroatoms. The van der Waals surface area contributed by atoms with E-state index in [1.54, 1.807) is 4.68 Å². The maximum atomic E-state index is 13.2. The molecule has 0 saturated carbocycles. The molecule has 2 aliphatic heterocycles. The zero-order chi connectivity index (χ0) is 22.9. The van der Waals surface area contributed by atoms with Gasteiger partial charge < -0.3 is 9.80 Å². The van der Waals surface area contributed by atoms with E-state index in [-0.39, 0.29) is 22.6 Å². The maximum absolute atomic E-state index is 13.2. The van der Waals surface area contributed by atoms with Gasteiger partial charge in [0.05, 0.1) is 5.69 Å². The number of carbonyl (C=O) groups is 2. The van der Waals surface area contributed by atoms with Gasteiger partial charge in [-0.1, -0.05) is 44.9 Å². The van der Waals surface area contributed by atoms with Crippen LogP contribution in [0.5, 0.6) is 0 Å². The van der Waals surface area contributed by atoms with Crippen LogP contribution in [-0.4, -0.2) is 57.6 Å². The van der Waals surface area contributed by atoms with Gasteiger partial charge >= 0.3 is 0 Å². The van der Waals surface area contributed by atoms with Gasteiger partial charge in [-0.3, -0.25) is 14.3 Å². The lowest BCUT2D eigenvalue weighted by Gasteiger charge is -2.38. The largest absolute Gasteiger partial charge is 0.337 e. The molecule has 0 aliphatic carbocycles. The lowest BCUT2D eigenvalue weighted by molar-refractivity contribution is -0.127. The van der Waals surface area contributed by atoms with Crippen molar-refractivity contribution >= 4 is 11.8 Å². The summed E-state index contributed by atoms with van der Waals surface area (Å²) < 4.78 is 1.71. The maximum Gasteiger partial charge on any atom is 0.298 e. The first-order chi connectivity index (χ1) is 15.2. The first-order valence-electron chi connectivity index (χ1n) is 11.4. The van der Waals surface area contributed by atoms with Crippen LogP contribution in [0.25, 0.3) is 0 Å². The van der Waals surface area contributed by atoms with E-state index < -0.39 is 0 Å². The van der Waals surface area contributed by atoms with Gasteiger partial charge in [0.2, 0.25) is 0 Å². The number of hydrogen-bond donors (Lipinski definition) is 0. The Bertz CT molecular complexity index is 1060. The summed E-state index contributed by atoms with van der Waals surface area (Å²) in [5, 5.41) is 4.56. The standard InChI is InChI=1S/C26H32N4O2/c1-25(2,3)22-18-21(28(4)27-22)24(32)30-17-14-26(19-30)12-15-29(16-13-26)23(31)11-10-20-8-6-5-7-9-20/h5-9,18H,12-17,19H2,1-4H3. The van der Waals surface area contributed by atoms with Crippen molar-refractivity contribution in [1.82, 2.24) is 19.6 Å². The summed E-state index contributed by atoms with van der Waals surface area (Å²) in [7, 11) is 1.84. The molecule has 2 aromatic rings. The van der Waals surface area contributed by atoms with Crippen LogP contribution in [0.3, 0.4) is 0 Å². The first kappa shape index (κ1) is 22.1. The van der Waals surface area contributed by atoms with Crippen molar-refractivity contribution in [1.29, 1.82) is 0 Å². The normalized spacial score (nSPS) is 17.9. The van der Waals surface area contributed by atoms with Crippen LogP contribution in [0.1, 0.15) is 61.8 Å². The van der Waals surface area contributed by atoms with Crippen LogP contribution < -0.4 is 0 Å². The Morgan fingerprint density at radius 3 is 2.22 bits per heavy atom. The average molecular weight is 433 g/mol. The zero-order valence-corrected chi connectivity index (χ0v) is 19.5. The number of benzene rings is 1. The summed E-state index contributed by atoms with van der Waals surface area (Å²) in [4.78, 5) is 29.6. The molecule has 2 saturated heterocycles. The van der Waals surface area contributed by atoms with Gasteiger partial charge in [0.15, 0.2) is 0 Å². The van der Waals surface area contributed by atoms with Crippen molar-refractivity contribution in [2.24, 2.45) is 12.5 Å². The molecule has 6 nitrogen and oxygen atoms in total. The summed E-state index contributed by atoms with van der Waals surface area (Å²) >= 11 is 0. The summed E-state index contributed by atoms with van der Waals surface area (Å²) in [6.45, 7) is 9.22. The number of carbonyl (C=O) groups excluding carboxylic acids is 2. The van der Waals surface area contributed by atoms with Crippen LogP contribution in [0.15, 0.2) is 36.4 Å². The molecule has 0 N–H and O–H groups in total. The van der Waals surface area contributed by atoms with Crippen molar-refractivity contribution in [3.8, 4) is 11.8 Å².